The third kappa shape index (κ3) is 6.12. The number of aliphatic hydroxyl groups excluding tert-OH is 1. The third-order valence-electron chi connectivity index (χ3n) is 4.05. The number of aliphatic hydroxyl groups is 1. The molecule has 0 saturated carbocycles. The van der Waals surface area contributed by atoms with E-state index < -0.39 is 6.10 Å². The van der Waals surface area contributed by atoms with Crippen molar-refractivity contribution in [3.8, 4) is 0 Å². The van der Waals surface area contributed by atoms with Gasteiger partial charge in [0.15, 0.2) is 11.8 Å². The van der Waals surface area contributed by atoms with Crippen LogP contribution in [-0.2, 0) is 18.3 Å². The van der Waals surface area contributed by atoms with Crippen LogP contribution >= 0.6 is 0 Å². The van der Waals surface area contributed by atoms with E-state index in [2.05, 4.69) is 25.8 Å². The lowest BCUT2D eigenvalue weighted by Crippen LogP contribution is -2.39. The summed E-state index contributed by atoms with van der Waals surface area (Å²) in [6.45, 7) is 4.13. The average molecular weight is 360 g/mol. The average Bonchev–Trinajstić information content (AvgIpc) is 2.98. The molecule has 2 rings (SSSR count). The Labute approximate surface area is 154 Å². The number of hydrogen-bond acceptors (Lipinski definition) is 5. The summed E-state index contributed by atoms with van der Waals surface area (Å²) in [6.07, 6.45) is 0.0724. The molecule has 1 heterocycles. The van der Waals surface area contributed by atoms with Crippen molar-refractivity contribution >= 4 is 5.96 Å². The van der Waals surface area contributed by atoms with Gasteiger partial charge < -0.3 is 25.0 Å². The molecule has 8 heteroatoms. The van der Waals surface area contributed by atoms with E-state index in [1.54, 1.807) is 7.11 Å². The molecule has 1 aromatic carbocycles. The Kier molecular flexibility index (Phi) is 8.04. The van der Waals surface area contributed by atoms with Gasteiger partial charge in [-0.3, -0.25) is 0 Å². The first kappa shape index (κ1) is 19.9. The SMILES string of the molecule is COCCNC(=NCc1nnc(C)n1C)NCCC(O)c1ccccc1. The minimum atomic E-state index is -0.509. The molecule has 0 fully saturated rings. The molecule has 0 aliphatic rings. The van der Waals surface area contributed by atoms with Gasteiger partial charge in [-0.15, -0.1) is 10.2 Å². The summed E-state index contributed by atoms with van der Waals surface area (Å²) in [7, 11) is 3.58. The second-order valence-corrected chi connectivity index (χ2v) is 5.95. The Morgan fingerprint density at radius 2 is 1.96 bits per heavy atom. The van der Waals surface area contributed by atoms with Crippen LogP contribution in [0.1, 0.15) is 29.7 Å². The van der Waals surface area contributed by atoms with Gasteiger partial charge in [-0.25, -0.2) is 4.99 Å². The maximum atomic E-state index is 10.3. The number of hydrogen-bond donors (Lipinski definition) is 3. The van der Waals surface area contributed by atoms with E-state index in [0.29, 0.717) is 38.6 Å². The standard InChI is InChI=1S/C18H28N6O2/c1-14-22-23-17(24(14)2)13-21-18(20-11-12-26-3)19-10-9-16(25)15-7-5-4-6-8-15/h4-8,16,25H,9-13H2,1-3H3,(H2,19,20,21). The molecule has 0 spiro atoms. The van der Waals surface area contributed by atoms with Crippen molar-refractivity contribution in [3.05, 3.63) is 47.5 Å². The topological polar surface area (TPSA) is 96.6 Å². The van der Waals surface area contributed by atoms with Crippen LogP contribution in [0.25, 0.3) is 0 Å². The van der Waals surface area contributed by atoms with Crippen LogP contribution in [0.2, 0.25) is 0 Å². The number of nitrogens with one attached hydrogen (secondary N) is 2. The highest BCUT2D eigenvalue weighted by Gasteiger charge is 2.08. The Morgan fingerprint density at radius 3 is 2.62 bits per heavy atom. The van der Waals surface area contributed by atoms with Gasteiger partial charge in [0.05, 0.1) is 12.7 Å². The molecular formula is C18H28N6O2. The fraction of sp³-hybridized carbons (Fsp3) is 0.500. The van der Waals surface area contributed by atoms with Crippen LogP contribution < -0.4 is 10.6 Å². The Bertz CT molecular complexity index is 686. The predicted octanol–water partition coefficient (Wildman–Crippen LogP) is 0.929. The summed E-state index contributed by atoms with van der Waals surface area (Å²) in [6, 6.07) is 9.63. The summed E-state index contributed by atoms with van der Waals surface area (Å²) < 4.78 is 6.98. The summed E-state index contributed by atoms with van der Waals surface area (Å²) in [5, 5.41) is 24.9. The van der Waals surface area contributed by atoms with E-state index in [1.807, 2.05) is 48.9 Å². The zero-order valence-corrected chi connectivity index (χ0v) is 15.6. The van der Waals surface area contributed by atoms with Crippen molar-refractivity contribution in [2.45, 2.75) is 26.0 Å². The lowest BCUT2D eigenvalue weighted by atomic mass is 10.1. The van der Waals surface area contributed by atoms with Gasteiger partial charge in [-0.2, -0.15) is 0 Å². The molecule has 26 heavy (non-hydrogen) atoms. The fourth-order valence-corrected chi connectivity index (χ4v) is 2.35. The van der Waals surface area contributed by atoms with Crippen molar-refractivity contribution < 1.29 is 9.84 Å². The van der Waals surface area contributed by atoms with Crippen molar-refractivity contribution in [3.63, 3.8) is 0 Å². The molecule has 0 aliphatic heterocycles. The molecule has 3 N–H and O–H groups in total. The maximum absolute atomic E-state index is 10.3. The highest BCUT2D eigenvalue weighted by molar-refractivity contribution is 5.79. The molecule has 0 aliphatic carbocycles. The van der Waals surface area contributed by atoms with E-state index in [9.17, 15) is 5.11 Å². The number of aliphatic imine (C=N–C) groups is 1. The minimum Gasteiger partial charge on any atom is -0.388 e. The Morgan fingerprint density at radius 1 is 1.23 bits per heavy atom. The number of rotatable bonds is 9. The van der Waals surface area contributed by atoms with Gasteiger partial charge in [-0.05, 0) is 18.9 Å². The van der Waals surface area contributed by atoms with Crippen molar-refractivity contribution in [2.24, 2.45) is 12.0 Å². The smallest absolute Gasteiger partial charge is 0.191 e. The molecule has 142 valence electrons. The van der Waals surface area contributed by atoms with E-state index in [0.717, 1.165) is 17.2 Å². The largest absolute Gasteiger partial charge is 0.388 e. The number of benzene rings is 1. The molecule has 0 radical (unpaired) electrons. The highest BCUT2D eigenvalue weighted by atomic mass is 16.5. The summed E-state index contributed by atoms with van der Waals surface area (Å²) in [5.41, 5.74) is 0.912. The second-order valence-electron chi connectivity index (χ2n) is 5.95. The summed E-state index contributed by atoms with van der Waals surface area (Å²) in [4.78, 5) is 4.54. The van der Waals surface area contributed by atoms with Crippen molar-refractivity contribution in [2.75, 3.05) is 26.8 Å². The molecule has 2 aromatic rings. The van der Waals surface area contributed by atoms with Crippen molar-refractivity contribution in [1.29, 1.82) is 0 Å². The van der Waals surface area contributed by atoms with Crippen LogP contribution in [0.15, 0.2) is 35.3 Å². The third-order valence-corrected chi connectivity index (χ3v) is 4.05. The number of aryl methyl sites for hydroxylation is 1. The van der Waals surface area contributed by atoms with Crippen molar-refractivity contribution in [1.82, 2.24) is 25.4 Å². The van der Waals surface area contributed by atoms with E-state index in [-0.39, 0.29) is 0 Å². The number of guanidine groups is 1. The zero-order chi connectivity index (χ0) is 18.8. The molecule has 8 nitrogen and oxygen atoms in total. The van der Waals surface area contributed by atoms with Gasteiger partial charge in [-0.1, -0.05) is 30.3 Å². The monoisotopic (exact) mass is 360 g/mol. The summed E-state index contributed by atoms with van der Waals surface area (Å²) >= 11 is 0. The molecular weight excluding hydrogens is 332 g/mol. The highest BCUT2D eigenvalue weighted by Crippen LogP contribution is 2.14. The van der Waals surface area contributed by atoms with Crippen LogP contribution in [0.4, 0.5) is 0 Å². The molecule has 1 aromatic heterocycles. The van der Waals surface area contributed by atoms with Gasteiger partial charge >= 0.3 is 0 Å². The van der Waals surface area contributed by atoms with Gasteiger partial charge in [0, 0.05) is 27.2 Å². The normalized spacial score (nSPS) is 12.8. The van der Waals surface area contributed by atoms with Gasteiger partial charge in [0.25, 0.3) is 0 Å². The molecule has 1 unspecified atom stereocenters. The number of ether oxygens (including phenoxy) is 1. The Balaban J connectivity index is 1.89. The maximum Gasteiger partial charge on any atom is 0.191 e. The second kappa shape index (κ2) is 10.5. The van der Waals surface area contributed by atoms with Gasteiger partial charge in [0.1, 0.15) is 12.4 Å². The fourth-order valence-electron chi connectivity index (χ4n) is 2.35. The number of aromatic nitrogens is 3. The number of methoxy groups -OCH3 is 1. The van der Waals surface area contributed by atoms with Gasteiger partial charge in [0.2, 0.25) is 0 Å². The predicted molar refractivity (Wildman–Crippen MR) is 101 cm³/mol. The van der Waals surface area contributed by atoms with Crippen LogP contribution in [0, 0.1) is 6.92 Å². The van der Waals surface area contributed by atoms with E-state index in [4.69, 9.17) is 4.74 Å². The first-order valence-electron chi connectivity index (χ1n) is 8.70. The first-order chi connectivity index (χ1) is 12.6. The lowest BCUT2D eigenvalue weighted by Gasteiger charge is -2.15. The molecule has 0 saturated heterocycles. The quantitative estimate of drug-likeness (QED) is 0.350. The summed E-state index contributed by atoms with van der Waals surface area (Å²) in [5.74, 6) is 2.30. The molecule has 0 bridgehead atoms. The molecule has 1 atom stereocenters. The zero-order valence-electron chi connectivity index (χ0n) is 15.6. The lowest BCUT2D eigenvalue weighted by molar-refractivity contribution is 0.168. The number of nitrogens with zero attached hydrogens (tertiary/aromatic N) is 4. The van der Waals surface area contributed by atoms with E-state index in [1.165, 1.54) is 0 Å². The molecule has 0 amide bonds. The van der Waals surface area contributed by atoms with Crippen LogP contribution in [0.5, 0.6) is 0 Å². The van der Waals surface area contributed by atoms with E-state index >= 15 is 0 Å². The minimum absolute atomic E-state index is 0.418. The Hall–Kier alpha value is -2.45. The first-order valence-corrected chi connectivity index (χ1v) is 8.70. The van der Waals surface area contributed by atoms with Crippen LogP contribution in [0.3, 0.4) is 0 Å². The van der Waals surface area contributed by atoms with Crippen LogP contribution in [-0.4, -0.2) is 52.6 Å².